The fourth-order valence-corrected chi connectivity index (χ4v) is 3.49. The van der Waals surface area contributed by atoms with Crippen LogP contribution in [0.1, 0.15) is 16.7 Å². The van der Waals surface area contributed by atoms with E-state index in [1.807, 2.05) is 0 Å². The van der Waals surface area contributed by atoms with E-state index in [9.17, 15) is 29.6 Å². The van der Waals surface area contributed by atoms with Gasteiger partial charge in [0.1, 0.15) is 19.0 Å². The van der Waals surface area contributed by atoms with E-state index in [0.29, 0.717) is 22.8 Å². The number of carbonyl (C=O) groups is 3. The van der Waals surface area contributed by atoms with Gasteiger partial charge in [-0.25, -0.2) is 14.4 Å². The molecule has 0 bridgehead atoms. The smallest absolute Gasteiger partial charge is 0.497 e. The number of rotatable bonds is 12. The number of carboxylic acid groups (broad SMARTS) is 1. The molecule has 0 heterocycles. The molecule has 0 aliphatic carbocycles. The van der Waals surface area contributed by atoms with Crippen LogP contribution < -0.4 is 14.2 Å². The van der Waals surface area contributed by atoms with Crippen molar-refractivity contribution < 1.29 is 62.3 Å². The van der Waals surface area contributed by atoms with Crippen molar-refractivity contribution in [2.75, 3.05) is 21.3 Å². The molecule has 0 spiro atoms. The lowest BCUT2D eigenvalue weighted by Crippen LogP contribution is -2.42. The summed E-state index contributed by atoms with van der Waals surface area (Å²) in [6, 6.07) is 15.1. The number of para-hydroxylation sites is 1. The Bertz CT molecular complexity index is 1420. The molecule has 0 saturated carbocycles. The molecule has 1 N–H and O–H groups in total. The summed E-state index contributed by atoms with van der Waals surface area (Å²) in [5.41, 5.74) is -0.201. The number of hydrogen-bond acceptors (Lipinski definition) is 13. The molecule has 3 rings (SSSR count). The SMILES string of the molecule is COc1ccc(C(OC(=O)O)(OC(=O)OCc2ccc(OC)c(OC)c2)OC(=O)OCc2ccccc2[N+](=O)[O-])cc1. The third-order valence-corrected chi connectivity index (χ3v) is 5.44. The molecule has 0 aliphatic heterocycles. The van der Waals surface area contributed by atoms with Crippen LogP contribution in [-0.4, -0.2) is 49.8 Å². The first-order chi connectivity index (χ1) is 20.1. The first-order valence-electron chi connectivity index (χ1n) is 11.8. The van der Waals surface area contributed by atoms with Crippen molar-refractivity contribution in [1.82, 2.24) is 0 Å². The van der Waals surface area contributed by atoms with Gasteiger partial charge in [-0.15, -0.1) is 0 Å². The van der Waals surface area contributed by atoms with E-state index < -0.39 is 36.0 Å². The van der Waals surface area contributed by atoms with Crippen molar-refractivity contribution in [3.63, 3.8) is 0 Å². The summed E-state index contributed by atoms with van der Waals surface area (Å²) in [6.45, 7) is -1.03. The second-order valence-electron chi connectivity index (χ2n) is 8.01. The van der Waals surface area contributed by atoms with Gasteiger partial charge < -0.3 is 43.0 Å². The van der Waals surface area contributed by atoms with Gasteiger partial charge in [0.15, 0.2) is 11.5 Å². The third-order valence-electron chi connectivity index (χ3n) is 5.44. The van der Waals surface area contributed by atoms with E-state index in [-0.39, 0.29) is 23.4 Å². The number of carbonyl (C=O) groups excluding carboxylic acids is 2. The van der Waals surface area contributed by atoms with Gasteiger partial charge in [-0.05, 0) is 48.0 Å². The zero-order chi connectivity index (χ0) is 30.7. The van der Waals surface area contributed by atoms with Crippen LogP contribution in [0.15, 0.2) is 66.7 Å². The minimum atomic E-state index is -3.06. The van der Waals surface area contributed by atoms with Gasteiger partial charge in [0.05, 0.1) is 37.4 Å². The highest BCUT2D eigenvalue weighted by Gasteiger charge is 2.48. The molecule has 0 aliphatic rings. The van der Waals surface area contributed by atoms with Gasteiger partial charge in [-0.3, -0.25) is 10.1 Å². The van der Waals surface area contributed by atoms with Crippen LogP contribution in [0, 0.1) is 10.1 Å². The molecule has 1 unspecified atom stereocenters. The van der Waals surface area contributed by atoms with Gasteiger partial charge in [0.25, 0.3) is 5.69 Å². The molecule has 3 aromatic carbocycles. The molecular weight excluding hydrogens is 562 g/mol. The second-order valence-corrected chi connectivity index (χ2v) is 8.01. The Morgan fingerprint density at radius 3 is 1.98 bits per heavy atom. The summed E-state index contributed by atoms with van der Waals surface area (Å²) in [6.07, 6.45) is -5.11. The van der Waals surface area contributed by atoms with Crippen molar-refractivity contribution in [3.05, 3.63) is 93.5 Å². The monoisotopic (exact) mass is 587 g/mol. The van der Waals surface area contributed by atoms with Crippen LogP contribution >= 0.6 is 0 Å². The number of benzene rings is 3. The predicted molar refractivity (Wildman–Crippen MR) is 139 cm³/mol. The zero-order valence-corrected chi connectivity index (χ0v) is 22.5. The first-order valence-corrected chi connectivity index (χ1v) is 11.8. The standard InChI is InChI=1S/C27H25NO14/c1-35-20-11-9-19(10-12-20)27(40-24(29)30,42-26(32)39-16-18-6-4-5-7-21(18)28(33)34)41-25(31)38-15-17-8-13-22(36-2)23(14-17)37-3/h4-14H,15-16H2,1-3H3,(H,29,30). The van der Waals surface area contributed by atoms with Crippen LogP contribution in [0.2, 0.25) is 0 Å². The van der Waals surface area contributed by atoms with Crippen LogP contribution in [0.4, 0.5) is 20.1 Å². The number of nitro benzene ring substituents is 1. The topological polar surface area (TPSA) is 188 Å². The Hall–Kier alpha value is -5.73. The lowest BCUT2D eigenvalue weighted by molar-refractivity contribution is -0.385. The summed E-state index contributed by atoms with van der Waals surface area (Å²) in [5, 5.41) is 20.7. The summed E-state index contributed by atoms with van der Waals surface area (Å²) < 4.78 is 40.5. The Labute approximate surface area is 238 Å². The van der Waals surface area contributed by atoms with Crippen molar-refractivity contribution in [2.24, 2.45) is 0 Å². The highest BCUT2D eigenvalue weighted by atomic mass is 17.0. The van der Waals surface area contributed by atoms with Gasteiger partial charge in [-0.1, -0.05) is 18.2 Å². The molecular formula is C27H25NO14. The van der Waals surface area contributed by atoms with Crippen molar-refractivity contribution in [2.45, 2.75) is 19.2 Å². The fourth-order valence-electron chi connectivity index (χ4n) is 3.49. The Morgan fingerprint density at radius 1 is 0.786 bits per heavy atom. The molecule has 0 fully saturated rings. The van der Waals surface area contributed by atoms with E-state index in [0.717, 1.165) is 0 Å². The average Bonchev–Trinajstić information content (AvgIpc) is 2.98. The zero-order valence-electron chi connectivity index (χ0n) is 22.5. The lowest BCUT2D eigenvalue weighted by atomic mass is 10.2. The van der Waals surface area contributed by atoms with Gasteiger partial charge in [0, 0.05) is 6.07 Å². The Morgan fingerprint density at radius 2 is 1.40 bits per heavy atom. The number of hydrogen-bond donors (Lipinski definition) is 1. The summed E-state index contributed by atoms with van der Waals surface area (Å²) in [4.78, 5) is 47.7. The molecule has 3 aromatic rings. The lowest BCUT2D eigenvalue weighted by Gasteiger charge is -2.29. The van der Waals surface area contributed by atoms with Gasteiger partial charge in [0.2, 0.25) is 0 Å². The second kappa shape index (κ2) is 14.1. The molecule has 15 nitrogen and oxygen atoms in total. The van der Waals surface area contributed by atoms with E-state index in [2.05, 4.69) is 0 Å². The number of nitro groups is 1. The van der Waals surface area contributed by atoms with E-state index >= 15 is 0 Å². The third kappa shape index (κ3) is 7.91. The molecule has 0 amide bonds. The number of ether oxygens (including phenoxy) is 8. The molecule has 222 valence electrons. The largest absolute Gasteiger partial charge is 0.514 e. The molecule has 0 radical (unpaired) electrons. The predicted octanol–water partition coefficient (Wildman–Crippen LogP) is 5.13. The van der Waals surface area contributed by atoms with E-state index in [1.54, 1.807) is 12.1 Å². The number of nitrogens with zero attached hydrogens (tertiary/aromatic N) is 1. The highest BCUT2D eigenvalue weighted by Crippen LogP contribution is 2.33. The normalized spacial score (nSPS) is 11.7. The van der Waals surface area contributed by atoms with Crippen LogP contribution in [0.3, 0.4) is 0 Å². The fraction of sp³-hybridized carbons (Fsp3) is 0.222. The van der Waals surface area contributed by atoms with Gasteiger partial charge >= 0.3 is 24.4 Å². The van der Waals surface area contributed by atoms with Crippen LogP contribution in [0.25, 0.3) is 0 Å². The Balaban J connectivity index is 1.86. The molecule has 42 heavy (non-hydrogen) atoms. The molecule has 15 heteroatoms. The maximum atomic E-state index is 12.8. The highest BCUT2D eigenvalue weighted by molar-refractivity contribution is 5.65. The van der Waals surface area contributed by atoms with Gasteiger partial charge in [-0.2, -0.15) is 0 Å². The van der Waals surface area contributed by atoms with Crippen LogP contribution in [0.5, 0.6) is 17.2 Å². The average molecular weight is 587 g/mol. The molecule has 0 aromatic heterocycles. The van der Waals surface area contributed by atoms with E-state index in [1.165, 1.54) is 75.9 Å². The summed E-state index contributed by atoms with van der Waals surface area (Å²) in [7, 11) is 4.23. The van der Waals surface area contributed by atoms with Crippen molar-refractivity contribution in [3.8, 4) is 17.2 Å². The quantitative estimate of drug-likeness (QED) is 0.0964. The maximum absolute atomic E-state index is 12.8. The molecule has 0 saturated heterocycles. The minimum absolute atomic E-state index is 0.00361. The van der Waals surface area contributed by atoms with Crippen molar-refractivity contribution in [1.29, 1.82) is 0 Å². The molecule has 1 atom stereocenters. The first kappa shape index (κ1) is 30.8. The maximum Gasteiger partial charge on any atom is 0.514 e. The van der Waals surface area contributed by atoms with Crippen molar-refractivity contribution >= 4 is 24.2 Å². The van der Waals surface area contributed by atoms with E-state index in [4.69, 9.17) is 37.9 Å². The minimum Gasteiger partial charge on any atom is -0.497 e. The summed E-state index contributed by atoms with van der Waals surface area (Å²) in [5.74, 6) is -1.98. The summed E-state index contributed by atoms with van der Waals surface area (Å²) >= 11 is 0. The Kier molecular flexibility index (Phi) is 10.3. The number of methoxy groups -OCH3 is 3. The van der Waals surface area contributed by atoms with Crippen LogP contribution in [-0.2, 0) is 42.9 Å².